The maximum Gasteiger partial charge on any atom is 0.254 e. The minimum absolute atomic E-state index is 0.0942. The highest BCUT2D eigenvalue weighted by Crippen LogP contribution is 2.27. The molecule has 2 aromatic rings. The summed E-state index contributed by atoms with van der Waals surface area (Å²) in [6.45, 7) is 3.48. The van der Waals surface area contributed by atoms with E-state index in [0.29, 0.717) is 11.6 Å². The van der Waals surface area contributed by atoms with Crippen LogP contribution >= 0.6 is 0 Å². The zero-order valence-electron chi connectivity index (χ0n) is 12.2. The quantitative estimate of drug-likeness (QED) is 0.831. The fraction of sp³-hybridized carbons (Fsp3) is 0.375. The monoisotopic (exact) mass is 284 g/mol. The van der Waals surface area contributed by atoms with Gasteiger partial charge in [0, 0.05) is 42.1 Å². The molecule has 2 heterocycles. The summed E-state index contributed by atoms with van der Waals surface area (Å²) in [5, 5.41) is 7.03. The first-order valence-corrected chi connectivity index (χ1v) is 7.30. The minimum atomic E-state index is 0.0942. The summed E-state index contributed by atoms with van der Waals surface area (Å²) in [6, 6.07) is 7.46. The third kappa shape index (κ3) is 2.77. The number of anilines is 1. The zero-order chi connectivity index (χ0) is 14.8. The highest BCUT2D eigenvalue weighted by molar-refractivity contribution is 5.96. The van der Waals surface area contributed by atoms with E-state index in [1.807, 2.05) is 30.0 Å². The van der Waals surface area contributed by atoms with Crippen LogP contribution < -0.4 is 5.73 Å². The lowest BCUT2D eigenvalue weighted by atomic mass is 9.94. The second-order valence-electron chi connectivity index (χ2n) is 5.68. The van der Waals surface area contributed by atoms with Gasteiger partial charge in [0.05, 0.1) is 0 Å². The van der Waals surface area contributed by atoms with Gasteiger partial charge >= 0.3 is 0 Å². The molecule has 21 heavy (non-hydrogen) atoms. The van der Waals surface area contributed by atoms with Gasteiger partial charge in [-0.3, -0.25) is 9.89 Å². The lowest BCUT2D eigenvalue weighted by Crippen LogP contribution is -2.39. The molecule has 3 N–H and O–H groups in total. The van der Waals surface area contributed by atoms with Gasteiger partial charge in [0.15, 0.2) is 0 Å². The number of H-pyrrole nitrogens is 1. The maximum absolute atomic E-state index is 12.7. The van der Waals surface area contributed by atoms with Gasteiger partial charge in [-0.15, -0.1) is 0 Å². The topological polar surface area (TPSA) is 75.0 Å². The molecule has 0 radical (unpaired) electrons. The molecule has 3 rings (SSSR count). The first-order chi connectivity index (χ1) is 10.1. The number of carbonyl (C=O) groups is 1. The van der Waals surface area contributed by atoms with Crippen molar-refractivity contribution in [1.29, 1.82) is 0 Å². The van der Waals surface area contributed by atoms with Gasteiger partial charge in [0.25, 0.3) is 5.91 Å². The SMILES string of the molecule is Cc1cc(N)ccc1C(=O)N1CCCC(c2ccn[nH]2)C1. The van der Waals surface area contributed by atoms with Gasteiger partial charge in [-0.25, -0.2) is 0 Å². The number of hydrogen-bond acceptors (Lipinski definition) is 3. The van der Waals surface area contributed by atoms with Crippen LogP contribution in [-0.2, 0) is 0 Å². The number of nitrogens with zero attached hydrogens (tertiary/aromatic N) is 2. The van der Waals surface area contributed by atoms with Crippen molar-refractivity contribution in [1.82, 2.24) is 15.1 Å². The second kappa shape index (κ2) is 5.60. The van der Waals surface area contributed by atoms with Crippen molar-refractivity contribution in [2.24, 2.45) is 0 Å². The number of amides is 1. The first-order valence-electron chi connectivity index (χ1n) is 7.30. The molecular formula is C16H20N4O. The number of piperidine rings is 1. The molecule has 1 atom stereocenters. The van der Waals surface area contributed by atoms with E-state index in [1.165, 1.54) is 0 Å². The van der Waals surface area contributed by atoms with Gasteiger partial charge in [-0.2, -0.15) is 5.10 Å². The van der Waals surface area contributed by atoms with Gasteiger partial charge in [-0.1, -0.05) is 0 Å². The third-order valence-electron chi connectivity index (χ3n) is 4.15. The largest absolute Gasteiger partial charge is 0.399 e. The summed E-state index contributed by atoms with van der Waals surface area (Å²) in [6.07, 6.45) is 3.87. The van der Waals surface area contributed by atoms with E-state index in [9.17, 15) is 4.79 Å². The first kappa shape index (κ1) is 13.7. The van der Waals surface area contributed by atoms with Crippen molar-refractivity contribution in [3.05, 3.63) is 47.3 Å². The summed E-state index contributed by atoms with van der Waals surface area (Å²) < 4.78 is 0. The Morgan fingerprint density at radius 3 is 3.00 bits per heavy atom. The molecule has 1 amide bonds. The number of likely N-dealkylation sites (tertiary alicyclic amines) is 1. The number of rotatable bonds is 2. The molecule has 0 bridgehead atoms. The molecule has 0 saturated carbocycles. The Bertz CT molecular complexity index is 636. The van der Waals surface area contributed by atoms with E-state index in [1.54, 1.807) is 12.3 Å². The van der Waals surface area contributed by atoms with E-state index in [0.717, 1.165) is 42.8 Å². The summed E-state index contributed by atoms with van der Waals surface area (Å²) in [5.74, 6) is 0.441. The Kier molecular flexibility index (Phi) is 3.64. The van der Waals surface area contributed by atoms with E-state index < -0.39 is 0 Å². The van der Waals surface area contributed by atoms with Crippen LogP contribution in [-0.4, -0.2) is 34.1 Å². The molecule has 1 fully saturated rings. The number of nitrogens with two attached hydrogens (primary N) is 1. The summed E-state index contributed by atoms with van der Waals surface area (Å²) >= 11 is 0. The molecular weight excluding hydrogens is 264 g/mol. The van der Waals surface area contributed by atoms with Crippen LogP contribution in [0.25, 0.3) is 0 Å². The Labute approximate surface area is 124 Å². The Hall–Kier alpha value is -2.30. The normalized spacial score (nSPS) is 18.7. The number of hydrogen-bond donors (Lipinski definition) is 2. The van der Waals surface area contributed by atoms with Crippen molar-refractivity contribution in [2.45, 2.75) is 25.7 Å². The third-order valence-corrected chi connectivity index (χ3v) is 4.15. The molecule has 5 heteroatoms. The Balaban J connectivity index is 1.78. The molecule has 1 unspecified atom stereocenters. The molecule has 1 aromatic carbocycles. The summed E-state index contributed by atoms with van der Waals surface area (Å²) in [4.78, 5) is 14.6. The fourth-order valence-electron chi connectivity index (χ4n) is 3.01. The fourth-order valence-corrected chi connectivity index (χ4v) is 3.01. The van der Waals surface area contributed by atoms with Crippen molar-refractivity contribution in [2.75, 3.05) is 18.8 Å². The van der Waals surface area contributed by atoms with Crippen LogP contribution in [0.3, 0.4) is 0 Å². The number of carbonyl (C=O) groups excluding carboxylic acids is 1. The maximum atomic E-state index is 12.7. The zero-order valence-corrected chi connectivity index (χ0v) is 12.2. The van der Waals surface area contributed by atoms with Gasteiger partial charge < -0.3 is 10.6 Å². The minimum Gasteiger partial charge on any atom is -0.399 e. The summed E-state index contributed by atoms with van der Waals surface area (Å²) in [5.41, 5.74) is 9.24. The lowest BCUT2D eigenvalue weighted by molar-refractivity contribution is 0.0705. The van der Waals surface area contributed by atoms with Crippen LogP contribution in [0.5, 0.6) is 0 Å². The van der Waals surface area contributed by atoms with E-state index in [-0.39, 0.29) is 5.91 Å². The van der Waals surface area contributed by atoms with Crippen LogP contribution in [0.15, 0.2) is 30.5 Å². The van der Waals surface area contributed by atoms with Gasteiger partial charge in [0.2, 0.25) is 0 Å². The Morgan fingerprint density at radius 1 is 1.43 bits per heavy atom. The van der Waals surface area contributed by atoms with Crippen molar-refractivity contribution in [3.8, 4) is 0 Å². The number of aryl methyl sites for hydroxylation is 1. The molecule has 1 aliphatic heterocycles. The highest BCUT2D eigenvalue weighted by atomic mass is 16.2. The average Bonchev–Trinajstić information content (AvgIpc) is 3.01. The number of nitrogens with one attached hydrogen (secondary N) is 1. The molecule has 1 aliphatic rings. The lowest BCUT2D eigenvalue weighted by Gasteiger charge is -2.32. The molecule has 0 aliphatic carbocycles. The number of nitrogen functional groups attached to an aromatic ring is 1. The predicted octanol–water partition coefficient (Wildman–Crippen LogP) is 2.32. The number of benzene rings is 1. The number of aromatic nitrogens is 2. The van der Waals surface area contributed by atoms with Gasteiger partial charge in [-0.05, 0) is 49.6 Å². The van der Waals surface area contributed by atoms with Crippen LogP contribution in [0, 0.1) is 6.92 Å². The van der Waals surface area contributed by atoms with E-state index in [4.69, 9.17) is 5.73 Å². The van der Waals surface area contributed by atoms with E-state index in [2.05, 4.69) is 10.2 Å². The van der Waals surface area contributed by atoms with Gasteiger partial charge in [0.1, 0.15) is 0 Å². The van der Waals surface area contributed by atoms with E-state index >= 15 is 0 Å². The predicted molar refractivity (Wildman–Crippen MR) is 82.1 cm³/mol. The molecule has 1 aromatic heterocycles. The summed E-state index contributed by atoms with van der Waals surface area (Å²) in [7, 11) is 0. The van der Waals surface area contributed by atoms with Crippen molar-refractivity contribution < 1.29 is 4.79 Å². The number of aromatic amines is 1. The standard InChI is InChI=1S/C16H20N4O/c1-11-9-13(17)4-5-14(11)16(21)20-8-2-3-12(10-20)15-6-7-18-19-15/h4-7,9,12H,2-3,8,10,17H2,1H3,(H,18,19). The highest BCUT2D eigenvalue weighted by Gasteiger charge is 2.26. The molecule has 110 valence electrons. The molecule has 5 nitrogen and oxygen atoms in total. The molecule has 0 spiro atoms. The average molecular weight is 284 g/mol. The molecule has 1 saturated heterocycles. The smallest absolute Gasteiger partial charge is 0.254 e. The Morgan fingerprint density at radius 2 is 2.29 bits per heavy atom. The van der Waals surface area contributed by atoms with Crippen LogP contribution in [0.4, 0.5) is 5.69 Å². The van der Waals surface area contributed by atoms with Crippen molar-refractivity contribution >= 4 is 11.6 Å². The van der Waals surface area contributed by atoms with Crippen molar-refractivity contribution in [3.63, 3.8) is 0 Å². The van der Waals surface area contributed by atoms with Crippen LogP contribution in [0.2, 0.25) is 0 Å². The second-order valence-corrected chi connectivity index (χ2v) is 5.68. The van der Waals surface area contributed by atoms with Crippen LogP contribution in [0.1, 0.15) is 40.4 Å².